The van der Waals surface area contributed by atoms with Gasteiger partial charge in [0.2, 0.25) is 5.95 Å². The molecule has 0 amide bonds. The lowest BCUT2D eigenvalue weighted by molar-refractivity contribution is 1.15. The van der Waals surface area contributed by atoms with Crippen molar-refractivity contribution in [2.24, 2.45) is 0 Å². The van der Waals surface area contributed by atoms with Gasteiger partial charge in [0.1, 0.15) is 10.4 Å². The second-order valence-corrected chi connectivity index (χ2v) is 5.29. The molecule has 0 bridgehead atoms. The maximum Gasteiger partial charge on any atom is 0.230 e. The van der Waals surface area contributed by atoms with Crippen molar-refractivity contribution in [3.63, 3.8) is 0 Å². The monoisotopic (exact) mass is 376 g/mol. The lowest BCUT2D eigenvalue weighted by atomic mass is 10.3. The van der Waals surface area contributed by atoms with E-state index in [0.29, 0.717) is 21.4 Å². The van der Waals surface area contributed by atoms with Crippen molar-refractivity contribution in [1.82, 2.24) is 9.97 Å². The largest absolute Gasteiger partial charge is 0.383 e. The number of hydrogen-bond acceptors (Lipinski definition) is 4. The molecule has 0 atom stereocenters. The molecule has 4 nitrogen and oxygen atoms in total. The molecule has 0 saturated heterocycles. The fraction of sp³-hybridized carbons (Fsp3) is 0. The summed E-state index contributed by atoms with van der Waals surface area (Å²) in [5, 5.41) is 3.69. The number of benzene rings is 1. The Kier molecular flexibility index (Phi) is 3.86. The highest BCUT2D eigenvalue weighted by molar-refractivity contribution is 9.10. The van der Waals surface area contributed by atoms with E-state index in [1.165, 1.54) is 0 Å². The minimum absolute atomic E-state index is 0.388. The molecule has 2 aromatic rings. The summed E-state index contributed by atoms with van der Waals surface area (Å²) in [6, 6.07) is 7.01. The zero-order chi connectivity index (χ0) is 12.4. The number of aromatic nitrogens is 2. The van der Waals surface area contributed by atoms with Gasteiger partial charge in [-0.25, -0.2) is 4.98 Å². The average Bonchev–Trinajstić information content (AvgIpc) is 2.21. The van der Waals surface area contributed by atoms with Crippen molar-refractivity contribution in [1.29, 1.82) is 0 Å². The van der Waals surface area contributed by atoms with Crippen molar-refractivity contribution in [3.05, 3.63) is 38.4 Å². The predicted molar refractivity (Wildman–Crippen MR) is 76.6 cm³/mol. The van der Waals surface area contributed by atoms with Crippen LogP contribution in [-0.4, -0.2) is 9.97 Å². The zero-order valence-corrected chi connectivity index (χ0v) is 12.3. The molecule has 0 aliphatic heterocycles. The van der Waals surface area contributed by atoms with Crippen LogP contribution < -0.4 is 11.1 Å². The summed E-state index contributed by atoms with van der Waals surface area (Å²) < 4.78 is 1.45. The lowest BCUT2D eigenvalue weighted by Crippen LogP contribution is -2.01. The van der Waals surface area contributed by atoms with E-state index in [9.17, 15) is 0 Å². The molecular formula is C10H7Br2ClN4. The molecule has 1 aromatic heterocycles. The van der Waals surface area contributed by atoms with Gasteiger partial charge in [0.15, 0.2) is 0 Å². The van der Waals surface area contributed by atoms with Crippen LogP contribution in [0.4, 0.5) is 17.5 Å². The molecular weight excluding hydrogens is 371 g/mol. The summed E-state index contributed by atoms with van der Waals surface area (Å²) in [6.45, 7) is 0. The first-order valence-electron chi connectivity index (χ1n) is 4.57. The van der Waals surface area contributed by atoms with Gasteiger partial charge in [0, 0.05) is 15.6 Å². The SMILES string of the molecule is Nc1cc(Br)nc(Nc2ccc(Cl)cc2Br)n1. The highest BCUT2D eigenvalue weighted by Gasteiger charge is 2.04. The molecule has 0 fully saturated rings. The number of anilines is 3. The van der Waals surface area contributed by atoms with Crippen LogP contribution in [0.15, 0.2) is 33.3 Å². The molecule has 1 heterocycles. The molecule has 0 aliphatic rings. The van der Waals surface area contributed by atoms with Crippen molar-refractivity contribution >= 4 is 60.9 Å². The van der Waals surface area contributed by atoms with Crippen molar-refractivity contribution < 1.29 is 0 Å². The third kappa shape index (κ3) is 3.31. The van der Waals surface area contributed by atoms with Gasteiger partial charge in [-0.15, -0.1) is 0 Å². The van der Waals surface area contributed by atoms with E-state index in [0.717, 1.165) is 10.2 Å². The quantitative estimate of drug-likeness (QED) is 0.776. The van der Waals surface area contributed by atoms with E-state index >= 15 is 0 Å². The van der Waals surface area contributed by atoms with Crippen LogP contribution in [-0.2, 0) is 0 Å². The Balaban J connectivity index is 2.31. The number of nitrogens with zero attached hydrogens (tertiary/aromatic N) is 2. The number of nitrogens with one attached hydrogen (secondary N) is 1. The average molecular weight is 378 g/mol. The second-order valence-electron chi connectivity index (χ2n) is 3.19. The van der Waals surface area contributed by atoms with Crippen molar-refractivity contribution in [3.8, 4) is 0 Å². The van der Waals surface area contributed by atoms with Crippen LogP contribution in [0.1, 0.15) is 0 Å². The van der Waals surface area contributed by atoms with Gasteiger partial charge in [-0.3, -0.25) is 0 Å². The van der Waals surface area contributed by atoms with Crippen LogP contribution in [0.2, 0.25) is 5.02 Å². The Morgan fingerprint density at radius 3 is 2.59 bits per heavy atom. The third-order valence-electron chi connectivity index (χ3n) is 1.89. The van der Waals surface area contributed by atoms with Gasteiger partial charge in [0.05, 0.1) is 5.69 Å². The van der Waals surface area contributed by atoms with Crippen LogP contribution in [0.25, 0.3) is 0 Å². The first-order valence-corrected chi connectivity index (χ1v) is 6.53. The Morgan fingerprint density at radius 2 is 1.94 bits per heavy atom. The van der Waals surface area contributed by atoms with E-state index < -0.39 is 0 Å². The minimum Gasteiger partial charge on any atom is -0.383 e. The number of nitrogen functional groups attached to an aromatic ring is 1. The van der Waals surface area contributed by atoms with E-state index in [1.54, 1.807) is 18.2 Å². The maximum absolute atomic E-state index is 5.85. The van der Waals surface area contributed by atoms with Gasteiger partial charge < -0.3 is 11.1 Å². The highest BCUT2D eigenvalue weighted by Crippen LogP contribution is 2.28. The first kappa shape index (κ1) is 12.6. The number of nitrogens with two attached hydrogens (primary N) is 1. The summed E-state index contributed by atoms with van der Waals surface area (Å²) in [5.74, 6) is 0.805. The molecule has 1 aromatic carbocycles. The van der Waals surface area contributed by atoms with E-state index in [-0.39, 0.29) is 0 Å². The van der Waals surface area contributed by atoms with Crippen LogP contribution in [0.5, 0.6) is 0 Å². The summed E-state index contributed by atoms with van der Waals surface area (Å²) in [7, 11) is 0. The van der Waals surface area contributed by atoms with Gasteiger partial charge in [0.25, 0.3) is 0 Å². The van der Waals surface area contributed by atoms with E-state index in [4.69, 9.17) is 17.3 Å². The summed E-state index contributed by atoms with van der Waals surface area (Å²) in [5.41, 5.74) is 6.43. The lowest BCUT2D eigenvalue weighted by Gasteiger charge is -2.08. The van der Waals surface area contributed by atoms with Gasteiger partial charge in [-0.05, 0) is 50.1 Å². The molecule has 0 unspecified atom stereocenters. The fourth-order valence-corrected chi connectivity index (χ4v) is 2.39. The highest BCUT2D eigenvalue weighted by atomic mass is 79.9. The van der Waals surface area contributed by atoms with Crippen LogP contribution in [0.3, 0.4) is 0 Å². The smallest absolute Gasteiger partial charge is 0.230 e. The van der Waals surface area contributed by atoms with E-state index in [2.05, 4.69) is 47.1 Å². The fourth-order valence-electron chi connectivity index (χ4n) is 1.20. The molecule has 3 N–H and O–H groups in total. The predicted octanol–water partition coefficient (Wildman–Crippen LogP) is 3.98. The Morgan fingerprint density at radius 1 is 1.18 bits per heavy atom. The van der Waals surface area contributed by atoms with Gasteiger partial charge in [-0.1, -0.05) is 11.6 Å². The maximum atomic E-state index is 5.85. The third-order valence-corrected chi connectivity index (χ3v) is 3.19. The Labute approximate surface area is 120 Å². The van der Waals surface area contributed by atoms with Crippen molar-refractivity contribution in [2.75, 3.05) is 11.1 Å². The second kappa shape index (κ2) is 5.20. The summed E-state index contributed by atoms with van der Waals surface area (Å²) in [6.07, 6.45) is 0. The standard InChI is InChI=1S/C10H7Br2ClN4/c11-6-3-5(13)1-2-7(6)15-10-16-8(12)4-9(14)17-10/h1-4H,(H3,14,15,16,17). The summed E-state index contributed by atoms with van der Waals surface area (Å²) >= 11 is 12.5. The Bertz CT molecular complexity index is 542. The van der Waals surface area contributed by atoms with E-state index in [1.807, 2.05) is 6.07 Å². The topological polar surface area (TPSA) is 63.8 Å². The number of rotatable bonds is 2. The molecule has 17 heavy (non-hydrogen) atoms. The van der Waals surface area contributed by atoms with Crippen LogP contribution in [0, 0.1) is 0 Å². The first-order chi connectivity index (χ1) is 8.04. The molecule has 88 valence electrons. The zero-order valence-electron chi connectivity index (χ0n) is 8.42. The normalized spacial score (nSPS) is 10.3. The molecule has 0 radical (unpaired) electrons. The molecule has 2 rings (SSSR count). The van der Waals surface area contributed by atoms with Gasteiger partial charge in [-0.2, -0.15) is 4.98 Å². The molecule has 0 aliphatic carbocycles. The molecule has 0 saturated carbocycles. The van der Waals surface area contributed by atoms with Gasteiger partial charge >= 0.3 is 0 Å². The summed E-state index contributed by atoms with van der Waals surface area (Å²) in [4.78, 5) is 8.22. The Hall–Kier alpha value is -0.850. The molecule has 7 heteroatoms. The minimum atomic E-state index is 0.388. The number of hydrogen-bond donors (Lipinski definition) is 2. The van der Waals surface area contributed by atoms with Crippen LogP contribution >= 0.6 is 43.5 Å². The van der Waals surface area contributed by atoms with Crippen molar-refractivity contribution in [2.45, 2.75) is 0 Å². The molecule has 0 spiro atoms. The number of halogens is 3.